The van der Waals surface area contributed by atoms with Crippen LogP contribution in [-0.4, -0.2) is 35.3 Å². The highest BCUT2D eigenvalue weighted by Crippen LogP contribution is 2.42. The SMILES string of the molecule is COc1ccc(S(=O)(=O)N(Cc2ccc3c(c2OC)OC(C)(C)C=C3)c2ccccc2)cc1OC. The number of ether oxygens (including phenoxy) is 4. The van der Waals surface area contributed by atoms with E-state index in [1.165, 1.54) is 30.7 Å². The maximum atomic E-state index is 13.9. The number of hydrogen-bond acceptors (Lipinski definition) is 6. The van der Waals surface area contributed by atoms with Crippen molar-refractivity contribution in [2.45, 2.75) is 30.9 Å². The predicted molar refractivity (Wildman–Crippen MR) is 136 cm³/mol. The van der Waals surface area contributed by atoms with E-state index >= 15 is 0 Å². The van der Waals surface area contributed by atoms with Gasteiger partial charge in [-0.05, 0) is 44.2 Å². The number of nitrogens with zero attached hydrogens (tertiary/aromatic N) is 1. The summed E-state index contributed by atoms with van der Waals surface area (Å²) in [6.07, 6.45) is 3.96. The second kappa shape index (κ2) is 9.54. The lowest BCUT2D eigenvalue weighted by Gasteiger charge is -2.31. The van der Waals surface area contributed by atoms with Crippen LogP contribution in [0.3, 0.4) is 0 Å². The van der Waals surface area contributed by atoms with Crippen LogP contribution in [0.1, 0.15) is 25.0 Å². The smallest absolute Gasteiger partial charge is 0.264 e. The number of sulfonamides is 1. The normalized spacial score (nSPS) is 14.0. The first kappa shape index (κ1) is 24.5. The number of hydrogen-bond donors (Lipinski definition) is 0. The first-order valence-electron chi connectivity index (χ1n) is 11.1. The minimum absolute atomic E-state index is 0.0324. The van der Waals surface area contributed by atoms with Crippen LogP contribution in [0.5, 0.6) is 23.0 Å². The summed E-state index contributed by atoms with van der Waals surface area (Å²) in [5.74, 6) is 1.87. The van der Waals surface area contributed by atoms with Gasteiger partial charge in [0.2, 0.25) is 0 Å². The van der Waals surface area contributed by atoms with Crippen molar-refractivity contribution in [2.75, 3.05) is 25.6 Å². The third-order valence-corrected chi connectivity index (χ3v) is 7.53. The van der Waals surface area contributed by atoms with Gasteiger partial charge < -0.3 is 18.9 Å². The van der Waals surface area contributed by atoms with Crippen LogP contribution in [0.25, 0.3) is 6.08 Å². The van der Waals surface area contributed by atoms with Crippen molar-refractivity contribution in [1.29, 1.82) is 0 Å². The van der Waals surface area contributed by atoms with E-state index in [1.54, 1.807) is 37.4 Å². The van der Waals surface area contributed by atoms with Gasteiger partial charge in [-0.1, -0.05) is 36.4 Å². The average Bonchev–Trinajstić information content (AvgIpc) is 2.86. The molecule has 0 amide bonds. The molecule has 7 nitrogen and oxygen atoms in total. The monoisotopic (exact) mass is 495 g/mol. The third-order valence-electron chi connectivity index (χ3n) is 5.76. The molecular formula is C27H29NO6S. The number of benzene rings is 3. The highest BCUT2D eigenvalue weighted by molar-refractivity contribution is 7.92. The molecule has 3 aromatic rings. The molecule has 0 aliphatic carbocycles. The standard InChI is InChI=1S/C27H29NO6S/c1-27(2)16-15-19-11-12-20(25(33-5)26(19)34-27)18-28(21-9-7-6-8-10-21)35(29,30)22-13-14-23(31-3)24(17-22)32-4/h6-17H,18H2,1-5H3. The molecule has 4 rings (SSSR count). The number of para-hydroxylation sites is 1. The zero-order valence-corrected chi connectivity index (χ0v) is 21.3. The molecule has 35 heavy (non-hydrogen) atoms. The van der Waals surface area contributed by atoms with E-state index in [2.05, 4.69) is 0 Å². The summed E-state index contributed by atoms with van der Waals surface area (Å²) in [4.78, 5) is 0.0799. The molecule has 0 fully saturated rings. The van der Waals surface area contributed by atoms with E-state index in [0.717, 1.165) is 5.56 Å². The summed E-state index contributed by atoms with van der Waals surface area (Å²) in [7, 11) is 0.540. The Kier molecular flexibility index (Phi) is 6.67. The highest BCUT2D eigenvalue weighted by atomic mass is 32.2. The van der Waals surface area contributed by atoms with Gasteiger partial charge in [-0.3, -0.25) is 4.31 Å². The zero-order valence-electron chi connectivity index (χ0n) is 20.4. The molecule has 0 saturated carbocycles. The van der Waals surface area contributed by atoms with Crippen molar-refractivity contribution in [1.82, 2.24) is 0 Å². The Morgan fingerprint density at radius 2 is 1.60 bits per heavy atom. The van der Waals surface area contributed by atoms with Gasteiger partial charge >= 0.3 is 0 Å². The first-order chi connectivity index (χ1) is 16.7. The average molecular weight is 496 g/mol. The van der Waals surface area contributed by atoms with Gasteiger partial charge in [-0.25, -0.2) is 8.42 Å². The number of anilines is 1. The number of rotatable bonds is 8. The Bertz CT molecular complexity index is 1350. The fourth-order valence-corrected chi connectivity index (χ4v) is 5.42. The van der Waals surface area contributed by atoms with Gasteiger partial charge in [0, 0.05) is 17.2 Å². The Hall–Kier alpha value is -3.65. The molecule has 0 unspecified atom stereocenters. The second-order valence-electron chi connectivity index (χ2n) is 8.58. The zero-order chi connectivity index (χ0) is 25.2. The van der Waals surface area contributed by atoms with Crippen molar-refractivity contribution in [3.05, 3.63) is 77.9 Å². The van der Waals surface area contributed by atoms with E-state index in [-0.39, 0.29) is 11.4 Å². The molecular weight excluding hydrogens is 466 g/mol. The van der Waals surface area contributed by atoms with Crippen LogP contribution >= 0.6 is 0 Å². The maximum Gasteiger partial charge on any atom is 0.264 e. The maximum absolute atomic E-state index is 13.9. The van der Waals surface area contributed by atoms with Crippen molar-refractivity contribution in [3.63, 3.8) is 0 Å². The summed E-state index contributed by atoms with van der Waals surface area (Å²) >= 11 is 0. The molecule has 1 aliphatic heterocycles. The molecule has 0 bridgehead atoms. The largest absolute Gasteiger partial charge is 0.493 e. The Balaban J connectivity index is 1.82. The van der Waals surface area contributed by atoms with Crippen LogP contribution in [0.2, 0.25) is 0 Å². The minimum Gasteiger partial charge on any atom is -0.493 e. The molecule has 1 heterocycles. The quantitative estimate of drug-likeness (QED) is 0.423. The Labute approximate surface area is 206 Å². The third kappa shape index (κ3) is 4.79. The van der Waals surface area contributed by atoms with Gasteiger partial charge in [0.15, 0.2) is 23.0 Å². The van der Waals surface area contributed by atoms with Crippen molar-refractivity contribution in [2.24, 2.45) is 0 Å². The summed E-state index contributed by atoms with van der Waals surface area (Å²) < 4.78 is 51.8. The van der Waals surface area contributed by atoms with Crippen LogP contribution in [0, 0.1) is 0 Å². The van der Waals surface area contributed by atoms with E-state index in [9.17, 15) is 8.42 Å². The van der Waals surface area contributed by atoms with Gasteiger partial charge in [-0.15, -0.1) is 0 Å². The second-order valence-corrected chi connectivity index (χ2v) is 10.4. The molecule has 0 atom stereocenters. The minimum atomic E-state index is -3.99. The number of methoxy groups -OCH3 is 3. The lowest BCUT2D eigenvalue weighted by molar-refractivity contribution is 0.152. The van der Waals surface area contributed by atoms with E-state index in [4.69, 9.17) is 18.9 Å². The molecule has 8 heteroatoms. The Morgan fingerprint density at radius 3 is 2.26 bits per heavy atom. The van der Waals surface area contributed by atoms with Gasteiger partial charge in [0.1, 0.15) is 5.60 Å². The molecule has 0 aromatic heterocycles. The van der Waals surface area contributed by atoms with Crippen LogP contribution < -0.4 is 23.3 Å². The molecule has 1 aliphatic rings. The van der Waals surface area contributed by atoms with Gasteiger partial charge in [0.05, 0.1) is 38.5 Å². The lowest BCUT2D eigenvalue weighted by atomic mass is 10.00. The van der Waals surface area contributed by atoms with Crippen molar-refractivity contribution in [3.8, 4) is 23.0 Å². The fourth-order valence-electron chi connectivity index (χ4n) is 3.96. The lowest BCUT2D eigenvalue weighted by Crippen LogP contribution is -2.31. The molecule has 3 aromatic carbocycles. The summed E-state index contributed by atoms with van der Waals surface area (Å²) in [5, 5.41) is 0. The molecule has 184 valence electrons. The highest BCUT2D eigenvalue weighted by Gasteiger charge is 2.30. The van der Waals surface area contributed by atoms with E-state index in [1.807, 2.05) is 44.2 Å². The molecule has 0 saturated heterocycles. The van der Waals surface area contributed by atoms with Crippen LogP contribution in [0.4, 0.5) is 5.69 Å². The molecule has 0 radical (unpaired) electrons. The summed E-state index contributed by atoms with van der Waals surface area (Å²) in [6.45, 7) is 3.94. The summed E-state index contributed by atoms with van der Waals surface area (Å²) in [6, 6.07) is 17.3. The van der Waals surface area contributed by atoms with Gasteiger partial charge in [0.25, 0.3) is 10.0 Å². The van der Waals surface area contributed by atoms with E-state index < -0.39 is 15.6 Å². The van der Waals surface area contributed by atoms with E-state index in [0.29, 0.717) is 34.2 Å². The van der Waals surface area contributed by atoms with Crippen molar-refractivity contribution >= 4 is 21.8 Å². The van der Waals surface area contributed by atoms with Crippen molar-refractivity contribution < 1.29 is 27.4 Å². The number of fused-ring (bicyclic) bond motifs is 1. The van der Waals surface area contributed by atoms with Crippen LogP contribution in [0.15, 0.2) is 71.6 Å². The summed E-state index contributed by atoms with van der Waals surface area (Å²) in [5.41, 5.74) is 1.55. The molecule has 0 spiro atoms. The Morgan fingerprint density at radius 1 is 0.886 bits per heavy atom. The van der Waals surface area contributed by atoms with Crippen LogP contribution in [-0.2, 0) is 16.6 Å². The first-order valence-corrected chi connectivity index (χ1v) is 12.5. The topological polar surface area (TPSA) is 74.3 Å². The molecule has 0 N–H and O–H groups in total. The van der Waals surface area contributed by atoms with Gasteiger partial charge in [-0.2, -0.15) is 0 Å². The fraction of sp³-hybridized carbons (Fsp3) is 0.259. The predicted octanol–water partition coefficient (Wildman–Crippen LogP) is 5.29.